The molecule has 1 aliphatic heterocycles. The maximum Gasteiger partial charge on any atom is 0.0661 e. The summed E-state index contributed by atoms with van der Waals surface area (Å²) in [5.41, 5.74) is 6.39. The SMILES string of the molecule is CC1=Nc2ccccc2CC1c1ccc(C)cc1. The van der Waals surface area contributed by atoms with Crippen LogP contribution in [0.1, 0.15) is 29.5 Å². The third-order valence-corrected chi connectivity index (χ3v) is 3.70. The largest absolute Gasteiger partial charge is 0.257 e. The van der Waals surface area contributed by atoms with Gasteiger partial charge >= 0.3 is 0 Å². The van der Waals surface area contributed by atoms with E-state index in [2.05, 4.69) is 62.4 Å². The maximum absolute atomic E-state index is 4.74. The van der Waals surface area contributed by atoms with E-state index in [0.717, 1.165) is 12.1 Å². The number of hydrogen-bond acceptors (Lipinski definition) is 1. The van der Waals surface area contributed by atoms with Gasteiger partial charge in [-0.05, 0) is 37.5 Å². The minimum atomic E-state index is 0.431. The summed E-state index contributed by atoms with van der Waals surface area (Å²) in [5.74, 6) is 0.431. The molecule has 1 heteroatoms. The number of rotatable bonds is 1. The zero-order valence-electron chi connectivity index (χ0n) is 10.9. The summed E-state index contributed by atoms with van der Waals surface area (Å²) in [4.78, 5) is 4.74. The van der Waals surface area contributed by atoms with Crippen LogP contribution in [-0.4, -0.2) is 5.71 Å². The van der Waals surface area contributed by atoms with E-state index in [9.17, 15) is 0 Å². The molecule has 0 saturated heterocycles. The fourth-order valence-electron chi connectivity index (χ4n) is 2.59. The van der Waals surface area contributed by atoms with Crippen LogP contribution in [0.25, 0.3) is 0 Å². The van der Waals surface area contributed by atoms with Crippen LogP contribution in [0, 0.1) is 6.92 Å². The lowest BCUT2D eigenvalue weighted by atomic mass is 9.85. The van der Waals surface area contributed by atoms with E-state index >= 15 is 0 Å². The van der Waals surface area contributed by atoms with E-state index in [1.54, 1.807) is 0 Å². The number of benzene rings is 2. The lowest BCUT2D eigenvalue weighted by Gasteiger charge is -2.23. The van der Waals surface area contributed by atoms with Gasteiger partial charge in [-0.15, -0.1) is 0 Å². The lowest BCUT2D eigenvalue weighted by Crippen LogP contribution is -2.15. The molecule has 1 atom stereocenters. The van der Waals surface area contributed by atoms with Crippen LogP contribution in [0.4, 0.5) is 5.69 Å². The summed E-state index contributed by atoms with van der Waals surface area (Å²) < 4.78 is 0. The van der Waals surface area contributed by atoms with Crippen LogP contribution in [-0.2, 0) is 6.42 Å². The van der Waals surface area contributed by atoms with E-state index < -0.39 is 0 Å². The van der Waals surface area contributed by atoms with Gasteiger partial charge in [-0.1, -0.05) is 48.0 Å². The Morgan fingerprint density at radius 2 is 1.67 bits per heavy atom. The smallest absolute Gasteiger partial charge is 0.0661 e. The molecule has 3 rings (SSSR count). The lowest BCUT2D eigenvalue weighted by molar-refractivity contribution is 0.854. The van der Waals surface area contributed by atoms with Crippen molar-refractivity contribution in [2.75, 3.05) is 0 Å². The monoisotopic (exact) mass is 235 g/mol. The van der Waals surface area contributed by atoms with Gasteiger partial charge in [0.2, 0.25) is 0 Å². The van der Waals surface area contributed by atoms with Crippen LogP contribution in [0.2, 0.25) is 0 Å². The van der Waals surface area contributed by atoms with Crippen molar-refractivity contribution in [3.8, 4) is 0 Å². The quantitative estimate of drug-likeness (QED) is 0.693. The number of aliphatic imine (C=N–C) groups is 1. The zero-order valence-corrected chi connectivity index (χ0v) is 10.9. The molecular formula is C17H17N. The molecule has 1 nitrogen and oxygen atoms in total. The number of fused-ring (bicyclic) bond motifs is 1. The third kappa shape index (κ3) is 1.97. The molecule has 0 aliphatic carbocycles. The van der Waals surface area contributed by atoms with Crippen LogP contribution < -0.4 is 0 Å². The number of hydrogen-bond donors (Lipinski definition) is 0. The van der Waals surface area contributed by atoms with E-state index in [0.29, 0.717) is 5.92 Å². The molecule has 0 N–H and O–H groups in total. The molecule has 2 aromatic carbocycles. The second kappa shape index (κ2) is 4.41. The molecule has 0 aromatic heterocycles. The van der Waals surface area contributed by atoms with Gasteiger partial charge in [0.25, 0.3) is 0 Å². The molecule has 0 amide bonds. The number of aryl methyl sites for hydroxylation is 1. The van der Waals surface area contributed by atoms with Crippen molar-refractivity contribution < 1.29 is 0 Å². The Balaban J connectivity index is 1.99. The van der Waals surface area contributed by atoms with E-state index in [1.165, 1.54) is 22.4 Å². The topological polar surface area (TPSA) is 12.4 Å². The summed E-state index contributed by atoms with van der Waals surface area (Å²) in [5, 5.41) is 0. The molecule has 0 saturated carbocycles. The second-order valence-corrected chi connectivity index (χ2v) is 5.05. The Kier molecular flexibility index (Phi) is 2.75. The Morgan fingerprint density at radius 3 is 2.44 bits per heavy atom. The fraction of sp³-hybridized carbons (Fsp3) is 0.235. The number of nitrogens with zero attached hydrogens (tertiary/aromatic N) is 1. The molecule has 1 aliphatic rings. The van der Waals surface area contributed by atoms with E-state index in [1.807, 2.05) is 0 Å². The van der Waals surface area contributed by atoms with E-state index in [4.69, 9.17) is 4.99 Å². The van der Waals surface area contributed by atoms with Crippen molar-refractivity contribution in [2.45, 2.75) is 26.2 Å². The average Bonchev–Trinajstić information content (AvgIpc) is 2.39. The summed E-state index contributed by atoms with van der Waals surface area (Å²) >= 11 is 0. The predicted octanol–water partition coefficient (Wildman–Crippen LogP) is 4.43. The summed E-state index contributed by atoms with van der Waals surface area (Å²) in [6.45, 7) is 4.27. The van der Waals surface area contributed by atoms with Crippen molar-refractivity contribution in [1.29, 1.82) is 0 Å². The Hall–Kier alpha value is -1.89. The van der Waals surface area contributed by atoms with Crippen LogP contribution in [0.3, 0.4) is 0 Å². The highest BCUT2D eigenvalue weighted by Gasteiger charge is 2.21. The first kappa shape index (κ1) is 11.2. The first-order chi connectivity index (χ1) is 8.74. The summed E-state index contributed by atoms with van der Waals surface area (Å²) in [6, 6.07) is 17.3. The van der Waals surface area contributed by atoms with Crippen LogP contribution in [0.15, 0.2) is 53.5 Å². The van der Waals surface area contributed by atoms with Crippen molar-refractivity contribution >= 4 is 11.4 Å². The molecule has 0 fully saturated rings. The van der Waals surface area contributed by atoms with E-state index in [-0.39, 0.29) is 0 Å². The molecule has 0 radical (unpaired) electrons. The van der Waals surface area contributed by atoms with Gasteiger partial charge in [0.15, 0.2) is 0 Å². The molecular weight excluding hydrogens is 218 g/mol. The molecule has 1 heterocycles. The molecule has 18 heavy (non-hydrogen) atoms. The Morgan fingerprint density at radius 1 is 0.944 bits per heavy atom. The van der Waals surface area contributed by atoms with Gasteiger partial charge in [0, 0.05) is 11.6 Å². The summed E-state index contributed by atoms with van der Waals surface area (Å²) in [7, 11) is 0. The van der Waals surface area contributed by atoms with Crippen molar-refractivity contribution in [3.63, 3.8) is 0 Å². The predicted molar refractivity (Wildman–Crippen MR) is 76.8 cm³/mol. The maximum atomic E-state index is 4.74. The highest BCUT2D eigenvalue weighted by Crippen LogP contribution is 2.33. The average molecular weight is 235 g/mol. The Bertz CT molecular complexity index is 593. The zero-order chi connectivity index (χ0) is 12.5. The fourth-order valence-corrected chi connectivity index (χ4v) is 2.59. The van der Waals surface area contributed by atoms with Gasteiger partial charge in [-0.2, -0.15) is 0 Å². The highest BCUT2D eigenvalue weighted by atomic mass is 14.8. The van der Waals surface area contributed by atoms with Gasteiger partial charge in [0.1, 0.15) is 0 Å². The first-order valence-electron chi connectivity index (χ1n) is 6.44. The standard InChI is InChI=1S/C17H17N/c1-12-7-9-14(10-8-12)16-11-15-5-3-4-6-17(15)18-13(16)2/h3-10,16H,11H2,1-2H3. The molecule has 1 unspecified atom stereocenters. The minimum absolute atomic E-state index is 0.431. The van der Waals surface area contributed by atoms with Crippen molar-refractivity contribution in [2.24, 2.45) is 4.99 Å². The van der Waals surface area contributed by atoms with Gasteiger partial charge < -0.3 is 0 Å². The minimum Gasteiger partial charge on any atom is -0.257 e. The van der Waals surface area contributed by atoms with Crippen molar-refractivity contribution in [3.05, 3.63) is 65.2 Å². The molecule has 90 valence electrons. The summed E-state index contributed by atoms with van der Waals surface area (Å²) in [6.07, 6.45) is 1.06. The second-order valence-electron chi connectivity index (χ2n) is 5.05. The van der Waals surface area contributed by atoms with Crippen molar-refractivity contribution in [1.82, 2.24) is 0 Å². The third-order valence-electron chi connectivity index (χ3n) is 3.70. The Labute approximate surface area is 108 Å². The highest BCUT2D eigenvalue weighted by molar-refractivity contribution is 5.93. The van der Waals surface area contributed by atoms with Crippen LogP contribution >= 0.6 is 0 Å². The number of para-hydroxylation sites is 1. The molecule has 0 bridgehead atoms. The molecule has 0 spiro atoms. The first-order valence-corrected chi connectivity index (χ1v) is 6.44. The van der Waals surface area contributed by atoms with Gasteiger partial charge in [-0.3, -0.25) is 4.99 Å². The van der Waals surface area contributed by atoms with Gasteiger partial charge in [-0.25, -0.2) is 0 Å². The molecule has 2 aromatic rings. The van der Waals surface area contributed by atoms with Gasteiger partial charge in [0.05, 0.1) is 5.69 Å². The normalized spacial score (nSPS) is 18.1. The van der Waals surface area contributed by atoms with Crippen LogP contribution in [0.5, 0.6) is 0 Å².